The molecule has 2 heterocycles. The van der Waals surface area contributed by atoms with Crippen molar-refractivity contribution in [3.05, 3.63) is 83.8 Å². The number of benzene rings is 2. The second-order valence-electron chi connectivity index (χ2n) is 7.60. The van der Waals surface area contributed by atoms with Gasteiger partial charge in [-0.05, 0) is 36.1 Å². The van der Waals surface area contributed by atoms with Crippen molar-refractivity contribution in [2.45, 2.75) is 19.4 Å². The van der Waals surface area contributed by atoms with Gasteiger partial charge < -0.3 is 14.1 Å². The van der Waals surface area contributed by atoms with Gasteiger partial charge in [0.2, 0.25) is 0 Å². The molecule has 0 aliphatic carbocycles. The maximum Gasteiger partial charge on any atom is 0.289 e. The number of hydrogen-bond acceptors (Lipinski definition) is 4. The molecule has 1 aromatic heterocycles. The fourth-order valence-corrected chi connectivity index (χ4v) is 3.94. The Morgan fingerprint density at radius 2 is 1.73 bits per heavy atom. The van der Waals surface area contributed by atoms with Crippen LogP contribution in [-0.4, -0.2) is 36.8 Å². The van der Waals surface area contributed by atoms with E-state index < -0.39 is 0 Å². The first-order valence-corrected chi connectivity index (χ1v) is 10.2. The highest BCUT2D eigenvalue weighted by Crippen LogP contribution is 2.25. The number of ketones is 1. The summed E-state index contributed by atoms with van der Waals surface area (Å²) in [6, 6.07) is 21.2. The number of rotatable bonds is 6. The first-order valence-electron chi connectivity index (χ1n) is 10.2. The molecule has 5 nitrogen and oxygen atoms in total. The number of carbonyl (C=O) groups excluding carboxylic acids is 2. The third-order valence-electron chi connectivity index (χ3n) is 5.51. The lowest BCUT2D eigenvalue weighted by Crippen LogP contribution is -2.42. The van der Waals surface area contributed by atoms with Gasteiger partial charge in [-0.15, -0.1) is 0 Å². The lowest BCUT2D eigenvalue weighted by molar-refractivity contribution is 0.0605. The molecule has 1 amide bonds. The number of Topliss-reactive ketones (excluding diaryl/α,β-unsaturated/α-hetero) is 1. The van der Waals surface area contributed by atoms with E-state index in [-0.39, 0.29) is 17.6 Å². The molecule has 30 heavy (non-hydrogen) atoms. The molecular formula is C25H25NO4. The second-order valence-corrected chi connectivity index (χ2v) is 7.60. The van der Waals surface area contributed by atoms with Crippen LogP contribution in [0.3, 0.4) is 0 Å². The average Bonchev–Trinajstić information content (AvgIpc) is 3.28. The molecule has 1 aliphatic heterocycles. The number of ether oxygens (including phenoxy) is 1. The maximum absolute atomic E-state index is 13.1. The van der Waals surface area contributed by atoms with Crippen LogP contribution in [-0.2, 0) is 11.3 Å². The Morgan fingerprint density at radius 1 is 1.00 bits per heavy atom. The van der Waals surface area contributed by atoms with Crippen LogP contribution in [0.25, 0.3) is 11.1 Å². The molecule has 2 aromatic carbocycles. The zero-order valence-corrected chi connectivity index (χ0v) is 17.0. The summed E-state index contributed by atoms with van der Waals surface area (Å²) in [6.07, 6.45) is 1.59. The largest absolute Gasteiger partial charge is 0.453 e. The minimum Gasteiger partial charge on any atom is -0.453 e. The monoisotopic (exact) mass is 403 g/mol. The zero-order valence-electron chi connectivity index (χ0n) is 17.0. The summed E-state index contributed by atoms with van der Waals surface area (Å²) < 4.78 is 10.6. The Kier molecular flexibility index (Phi) is 6.10. The predicted octanol–water partition coefficient (Wildman–Crippen LogP) is 4.83. The summed E-state index contributed by atoms with van der Waals surface area (Å²) in [4.78, 5) is 27.6. The quantitative estimate of drug-likeness (QED) is 0.553. The van der Waals surface area contributed by atoms with Crippen LogP contribution in [0.2, 0.25) is 0 Å². The summed E-state index contributed by atoms with van der Waals surface area (Å²) in [5.41, 5.74) is 2.89. The van der Waals surface area contributed by atoms with E-state index in [0.717, 1.165) is 24.0 Å². The van der Waals surface area contributed by atoms with Gasteiger partial charge in [-0.25, -0.2) is 0 Å². The minimum absolute atomic E-state index is 0.0895. The Bertz CT molecular complexity index is 1010. The Morgan fingerprint density at radius 3 is 2.47 bits per heavy atom. The summed E-state index contributed by atoms with van der Waals surface area (Å²) in [6.45, 7) is 1.38. The molecule has 1 saturated heterocycles. The van der Waals surface area contributed by atoms with Crippen molar-refractivity contribution >= 4 is 11.7 Å². The van der Waals surface area contributed by atoms with Crippen molar-refractivity contribution in [1.29, 1.82) is 0 Å². The average molecular weight is 403 g/mol. The van der Waals surface area contributed by atoms with E-state index in [9.17, 15) is 9.59 Å². The highest BCUT2D eigenvalue weighted by Gasteiger charge is 2.30. The van der Waals surface area contributed by atoms with Crippen LogP contribution >= 0.6 is 0 Å². The van der Waals surface area contributed by atoms with E-state index in [2.05, 4.69) is 0 Å². The molecule has 1 aliphatic rings. The minimum atomic E-state index is -0.196. The molecule has 0 saturated carbocycles. The molecule has 4 rings (SSSR count). The van der Waals surface area contributed by atoms with Crippen LogP contribution in [0.15, 0.2) is 71.1 Å². The predicted molar refractivity (Wildman–Crippen MR) is 114 cm³/mol. The van der Waals surface area contributed by atoms with Crippen LogP contribution in [0.4, 0.5) is 0 Å². The van der Waals surface area contributed by atoms with Crippen molar-refractivity contribution in [2.75, 3.05) is 20.2 Å². The smallest absolute Gasteiger partial charge is 0.289 e. The van der Waals surface area contributed by atoms with E-state index in [1.165, 1.54) is 0 Å². The SMILES string of the molecule is COCc1ccc(C(=O)N2CCCC(C(=O)c3ccc(-c4ccccc4)cc3)C2)o1. The number of piperidine rings is 1. The summed E-state index contributed by atoms with van der Waals surface area (Å²) >= 11 is 0. The van der Waals surface area contributed by atoms with Crippen LogP contribution in [0, 0.1) is 5.92 Å². The number of amides is 1. The van der Waals surface area contributed by atoms with Gasteiger partial charge in [0.05, 0.1) is 0 Å². The second kappa shape index (κ2) is 9.09. The van der Waals surface area contributed by atoms with Crippen molar-refractivity contribution in [3.8, 4) is 11.1 Å². The normalized spacial score (nSPS) is 16.4. The molecule has 0 spiro atoms. The molecule has 1 unspecified atom stereocenters. The first kappa shape index (κ1) is 20.1. The molecule has 5 heteroatoms. The lowest BCUT2D eigenvalue weighted by Gasteiger charge is -2.31. The van der Waals surface area contributed by atoms with Gasteiger partial charge in [0.1, 0.15) is 12.4 Å². The zero-order chi connectivity index (χ0) is 20.9. The standard InChI is InChI=1S/C25H25NO4/c1-29-17-22-13-14-23(30-22)25(28)26-15-5-8-21(16-26)24(27)20-11-9-19(10-12-20)18-6-3-2-4-7-18/h2-4,6-7,9-14,21H,5,8,15-17H2,1H3. The van der Waals surface area contributed by atoms with E-state index in [1.807, 2.05) is 54.6 Å². The number of likely N-dealkylation sites (tertiary alicyclic amines) is 1. The molecule has 0 N–H and O–H groups in total. The molecular weight excluding hydrogens is 378 g/mol. The van der Waals surface area contributed by atoms with Gasteiger partial charge in [0, 0.05) is 31.7 Å². The van der Waals surface area contributed by atoms with Gasteiger partial charge in [-0.2, -0.15) is 0 Å². The van der Waals surface area contributed by atoms with E-state index >= 15 is 0 Å². The Hall–Kier alpha value is -3.18. The van der Waals surface area contributed by atoms with Gasteiger partial charge in [0.15, 0.2) is 11.5 Å². The van der Waals surface area contributed by atoms with E-state index in [1.54, 1.807) is 24.1 Å². The summed E-state index contributed by atoms with van der Waals surface area (Å²) in [5, 5.41) is 0. The summed E-state index contributed by atoms with van der Waals surface area (Å²) in [7, 11) is 1.58. The Labute approximate surface area is 176 Å². The van der Waals surface area contributed by atoms with Crippen molar-refractivity contribution < 1.29 is 18.7 Å². The number of furan rings is 1. The molecule has 0 bridgehead atoms. The van der Waals surface area contributed by atoms with E-state index in [4.69, 9.17) is 9.15 Å². The number of hydrogen-bond donors (Lipinski definition) is 0. The third-order valence-corrected chi connectivity index (χ3v) is 5.51. The van der Waals surface area contributed by atoms with Gasteiger partial charge in [-0.3, -0.25) is 9.59 Å². The number of nitrogens with zero attached hydrogens (tertiary/aromatic N) is 1. The van der Waals surface area contributed by atoms with Gasteiger partial charge in [-0.1, -0.05) is 54.6 Å². The first-order chi connectivity index (χ1) is 14.7. The van der Waals surface area contributed by atoms with E-state index in [0.29, 0.717) is 36.8 Å². The number of methoxy groups -OCH3 is 1. The third kappa shape index (κ3) is 4.36. The van der Waals surface area contributed by atoms with Gasteiger partial charge in [0.25, 0.3) is 5.91 Å². The fraction of sp³-hybridized carbons (Fsp3) is 0.280. The number of carbonyl (C=O) groups is 2. The Balaban J connectivity index is 1.43. The molecule has 1 atom stereocenters. The molecule has 0 radical (unpaired) electrons. The topological polar surface area (TPSA) is 59.8 Å². The highest BCUT2D eigenvalue weighted by atomic mass is 16.5. The van der Waals surface area contributed by atoms with Gasteiger partial charge >= 0.3 is 0 Å². The lowest BCUT2D eigenvalue weighted by atomic mass is 9.89. The fourth-order valence-electron chi connectivity index (χ4n) is 3.94. The van der Waals surface area contributed by atoms with Crippen molar-refractivity contribution in [1.82, 2.24) is 4.90 Å². The molecule has 3 aromatic rings. The van der Waals surface area contributed by atoms with Crippen LogP contribution in [0.5, 0.6) is 0 Å². The van der Waals surface area contributed by atoms with Crippen LogP contribution in [0.1, 0.15) is 39.5 Å². The highest BCUT2D eigenvalue weighted by molar-refractivity contribution is 5.99. The molecule has 1 fully saturated rings. The summed E-state index contributed by atoms with van der Waals surface area (Å²) in [5.74, 6) is 0.631. The maximum atomic E-state index is 13.1. The van der Waals surface area contributed by atoms with Crippen LogP contribution < -0.4 is 0 Å². The van der Waals surface area contributed by atoms with Crippen molar-refractivity contribution in [2.24, 2.45) is 5.92 Å². The molecule has 154 valence electrons. The van der Waals surface area contributed by atoms with Crippen molar-refractivity contribution in [3.63, 3.8) is 0 Å².